The number of aromatic nitrogens is 4. The fourth-order valence-electron chi connectivity index (χ4n) is 1.93. The number of H-pyrrole nitrogens is 2. The van der Waals surface area contributed by atoms with Gasteiger partial charge in [-0.1, -0.05) is 11.6 Å². The van der Waals surface area contributed by atoms with Crippen LogP contribution in [-0.4, -0.2) is 24.9 Å². The highest BCUT2D eigenvalue weighted by Crippen LogP contribution is 2.28. The molecule has 3 N–H and O–H groups in total. The molecule has 0 bridgehead atoms. The highest BCUT2D eigenvalue weighted by atomic mass is 35.5. The van der Waals surface area contributed by atoms with Crippen LogP contribution in [0.5, 0.6) is 0 Å². The van der Waals surface area contributed by atoms with Crippen molar-refractivity contribution in [2.24, 2.45) is 0 Å². The van der Waals surface area contributed by atoms with Gasteiger partial charge in [0.2, 0.25) is 5.95 Å². The normalized spacial score (nSPS) is 10.4. The molecule has 0 amide bonds. The van der Waals surface area contributed by atoms with E-state index in [0.717, 1.165) is 0 Å². The van der Waals surface area contributed by atoms with Crippen LogP contribution < -0.4 is 11.0 Å². The van der Waals surface area contributed by atoms with Gasteiger partial charge < -0.3 is 10.3 Å². The Bertz CT molecular complexity index is 1030. The quantitative estimate of drug-likeness (QED) is 0.375. The molecule has 0 spiro atoms. The predicted molar refractivity (Wildman–Crippen MR) is 80.6 cm³/mol. The summed E-state index contributed by atoms with van der Waals surface area (Å²) in [5.74, 6) is -0.0593. The first-order valence-corrected chi connectivity index (χ1v) is 6.47. The minimum absolute atomic E-state index is 0.0300. The first-order chi connectivity index (χ1) is 11.0. The van der Waals surface area contributed by atoms with Gasteiger partial charge in [-0.15, -0.1) is 0 Å². The summed E-state index contributed by atoms with van der Waals surface area (Å²) in [7, 11) is 0. The van der Waals surface area contributed by atoms with Crippen LogP contribution >= 0.6 is 11.6 Å². The molecule has 114 valence electrons. The Morgan fingerprint density at radius 3 is 2.83 bits per heavy atom. The molecule has 2 aromatic heterocycles. The van der Waals surface area contributed by atoms with Crippen LogP contribution in [0.15, 0.2) is 23.0 Å². The first kappa shape index (κ1) is 14.5. The lowest BCUT2D eigenvalue weighted by Gasteiger charge is -2.06. The van der Waals surface area contributed by atoms with E-state index in [2.05, 4.69) is 25.3 Å². The average Bonchev–Trinajstić information content (AvgIpc) is 2.88. The maximum absolute atomic E-state index is 11.3. The molecule has 3 rings (SSSR count). The van der Waals surface area contributed by atoms with Crippen molar-refractivity contribution >= 4 is 40.1 Å². The Kier molecular flexibility index (Phi) is 3.40. The Morgan fingerprint density at radius 2 is 2.13 bits per heavy atom. The number of anilines is 2. The molecule has 0 atom stereocenters. The zero-order chi connectivity index (χ0) is 16.6. The van der Waals surface area contributed by atoms with E-state index in [-0.39, 0.29) is 39.2 Å². The van der Waals surface area contributed by atoms with Crippen LogP contribution in [0.3, 0.4) is 0 Å². The molecule has 23 heavy (non-hydrogen) atoms. The standard InChI is InChI=1S/C12H6ClN7O3/c13-9-8-10(19-12(21)16-8)18-11(17-9)15-6-3-5(4-14)1-2-7(6)20(22)23/h1-3H,(H3,15,16,17,18,19,21). The lowest BCUT2D eigenvalue weighted by Crippen LogP contribution is -2.02. The third-order valence-electron chi connectivity index (χ3n) is 2.90. The molecule has 0 aliphatic rings. The van der Waals surface area contributed by atoms with E-state index in [4.69, 9.17) is 16.9 Å². The Labute approximate surface area is 131 Å². The van der Waals surface area contributed by atoms with Crippen molar-refractivity contribution in [3.63, 3.8) is 0 Å². The summed E-state index contributed by atoms with van der Waals surface area (Å²) in [6, 6.07) is 5.69. The number of halogens is 1. The van der Waals surface area contributed by atoms with Crippen LogP contribution in [0.1, 0.15) is 5.56 Å². The van der Waals surface area contributed by atoms with E-state index >= 15 is 0 Å². The minimum atomic E-state index is -0.609. The van der Waals surface area contributed by atoms with Crippen LogP contribution in [0.25, 0.3) is 11.2 Å². The topological polar surface area (TPSA) is 153 Å². The fraction of sp³-hybridized carbons (Fsp3) is 0. The van der Waals surface area contributed by atoms with Gasteiger partial charge >= 0.3 is 5.69 Å². The Balaban J connectivity index is 2.10. The fourth-order valence-corrected chi connectivity index (χ4v) is 2.15. The molecule has 10 nitrogen and oxygen atoms in total. The van der Waals surface area contributed by atoms with Gasteiger partial charge in [0, 0.05) is 6.07 Å². The average molecular weight is 332 g/mol. The molecule has 2 heterocycles. The van der Waals surface area contributed by atoms with Gasteiger partial charge in [-0.05, 0) is 12.1 Å². The van der Waals surface area contributed by atoms with E-state index in [9.17, 15) is 14.9 Å². The summed E-state index contributed by atoms with van der Waals surface area (Å²) in [5, 5.41) is 22.6. The molecule has 0 unspecified atom stereocenters. The molecule has 0 aliphatic carbocycles. The lowest BCUT2D eigenvalue weighted by molar-refractivity contribution is -0.383. The van der Waals surface area contributed by atoms with Gasteiger partial charge in [-0.25, -0.2) is 4.79 Å². The van der Waals surface area contributed by atoms with Crippen LogP contribution in [-0.2, 0) is 0 Å². The molecule has 0 saturated carbocycles. The van der Waals surface area contributed by atoms with E-state index in [0.29, 0.717) is 0 Å². The third kappa shape index (κ3) is 2.68. The van der Waals surface area contributed by atoms with Crippen molar-refractivity contribution in [2.75, 3.05) is 5.32 Å². The molecule has 0 aliphatic heterocycles. The SMILES string of the molecule is N#Cc1ccc([N+](=O)[O-])c(Nc2nc(Cl)c3[nH]c(=O)[nH]c3n2)c1. The second kappa shape index (κ2) is 5.39. The Hall–Kier alpha value is -3.45. The largest absolute Gasteiger partial charge is 0.325 e. The number of nitrogens with zero attached hydrogens (tertiary/aromatic N) is 4. The summed E-state index contributed by atoms with van der Waals surface area (Å²) < 4.78 is 0. The van der Waals surface area contributed by atoms with Crippen molar-refractivity contribution in [2.45, 2.75) is 0 Å². The number of fused-ring (bicyclic) bond motifs is 1. The summed E-state index contributed by atoms with van der Waals surface area (Å²) in [6.07, 6.45) is 0. The molecule has 0 saturated heterocycles. The van der Waals surface area contributed by atoms with Crippen LogP contribution in [0.2, 0.25) is 5.15 Å². The number of nitro benzene ring substituents is 1. The number of rotatable bonds is 3. The smallest absolute Gasteiger partial charge is 0.318 e. The van der Waals surface area contributed by atoms with Gasteiger partial charge in [-0.2, -0.15) is 15.2 Å². The number of aromatic amines is 2. The molecule has 0 radical (unpaired) electrons. The number of imidazole rings is 1. The number of nitrogens with one attached hydrogen (secondary N) is 3. The molecule has 0 fully saturated rings. The third-order valence-corrected chi connectivity index (χ3v) is 3.18. The lowest BCUT2D eigenvalue weighted by atomic mass is 10.2. The maximum Gasteiger partial charge on any atom is 0.325 e. The number of hydrogen-bond donors (Lipinski definition) is 3. The minimum Gasteiger partial charge on any atom is -0.318 e. The molecule has 1 aromatic carbocycles. The monoisotopic (exact) mass is 331 g/mol. The second-order valence-corrected chi connectivity index (χ2v) is 4.72. The van der Waals surface area contributed by atoms with Crippen molar-refractivity contribution in [3.05, 3.63) is 49.5 Å². The summed E-state index contributed by atoms with van der Waals surface area (Å²) in [4.78, 5) is 34.5. The van der Waals surface area contributed by atoms with E-state index in [1.165, 1.54) is 18.2 Å². The molecular formula is C12H6ClN7O3. The maximum atomic E-state index is 11.3. The van der Waals surface area contributed by atoms with E-state index < -0.39 is 10.6 Å². The summed E-state index contributed by atoms with van der Waals surface area (Å²) in [5.41, 5.74) is -0.140. The highest BCUT2D eigenvalue weighted by Gasteiger charge is 2.17. The van der Waals surface area contributed by atoms with Crippen LogP contribution in [0.4, 0.5) is 17.3 Å². The zero-order valence-corrected chi connectivity index (χ0v) is 11.9. The summed E-state index contributed by atoms with van der Waals surface area (Å²) in [6.45, 7) is 0. The molecular weight excluding hydrogens is 326 g/mol. The van der Waals surface area contributed by atoms with Gasteiger partial charge in [0.1, 0.15) is 11.2 Å². The zero-order valence-electron chi connectivity index (χ0n) is 11.1. The van der Waals surface area contributed by atoms with Crippen molar-refractivity contribution in [1.82, 2.24) is 19.9 Å². The predicted octanol–water partition coefficient (Wildman–Crippen LogP) is 1.82. The molecule has 11 heteroatoms. The van der Waals surface area contributed by atoms with Gasteiger partial charge in [0.05, 0.1) is 16.6 Å². The van der Waals surface area contributed by atoms with Gasteiger partial charge in [0.15, 0.2) is 10.8 Å². The van der Waals surface area contributed by atoms with Crippen molar-refractivity contribution in [1.29, 1.82) is 5.26 Å². The first-order valence-electron chi connectivity index (χ1n) is 6.09. The number of benzene rings is 1. The highest BCUT2D eigenvalue weighted by molar-refractivity contribution is 6.33. The number of hydrogen-bond acceptors (Lipinski definition) is 7. The van der Waals surface area contributed by atoms with E-state index in [1.807, 2.05) is 6.07 Å². The van der Waals surface area contributed by atoms with Crippen molar-refractivity contribution in [3.8, 4) is 6.07 Å². The van der Waals surface area contributed by atoms with Crippen LogP contribution in [0, 0.1) is 21.4 Å². The number of nitro groups is 1. The second-order valence-electron chi connectivity index (χ2n) is 4.37. The van der Waals surface area contributed by atoms with Gasteiger partial charge in [-0.3, -0.25) is 15.1 Å². The van der Waals surface area contributed by atoms with Crippen molar-refractivity contribution < 1.29 is 4.92 Å². The molecule has 3 aromatic rings. The Morgan fingerprint density at radius 1 is 1.35 bits per heavy atom. The summed E-state index contributed by atoms with van der Waals surface area (Å²) >= 11 is 5.94. The number of nitriles is 1. The van der Waals surface area contributed by atoms with Gasteiger partial charge in [0.25, 0.3) is 5.69 Å². The van der Waals surface area contributed by atoms with E-state index in [1.54, 1.807) is 0 Å².